The zero-order valence-corrected chi connectivity index (χ0v) is 71.7. The van der Waals surface area contributed by atoms with Crippen LogP contribution in [0.1, 0.15) is 156 Å². The number of para-hydroxylation sites is 3. The fourth-order valence-electron chi connectivity index (χ4n) is 11.3. The smallest absolute Gasteiger partial charge is 0.348 e. The maximum Gasteiger partial charge on any atom is 0.348 e. The third-order valence-electron chi connectivity index (χ3n) is 17.3. The van der Waals surface area contributed by atoms with Gasteiger partial charge in [-0.2, -0.15) is 0 Å². The van der Waals surface area contributed by atoms with Crippen molar-refractivity contribution in [2.45, 2.75) is 61.1 Å². The van der Waals surface area contributed by atoms with Crippen LogP contribution in [0, 0.1) is 0 Å². The first-order valence-corrected chi connectivity index (χ1v) is 42.9. The number of fused-ring (bicyclic) bond motifs is 3. The van der Waals surface area contributed by atoms with E-state index in [1.54, 1.807) is 101 Å². The Hall–Kier alpha value is -13.5. The summed E-state index contributed by atoms with van der Waals surface area (Å²) in [5.74, 6) is -9.48. The molecule has 0 unspecified atom stereocenters. The lowest BCUT2D eigenvalue weighted by atomic mass is 9.90. The molecule has 0 amide bonds. The molecule has 0 bridgehead atoms. The summed E-state index contributed by atoms with van der Waals surface area (Å²) in [7, 11) is -7.61. The number of benzene rings is 7. The van der Waals surface area contributed by atoms with E-state index >= 15 is 0 Å². The van der Waals surface area contributed by atoms with Gasteiger partial charge in [-0.3, -0.25) is 14.6 Å². The average Bonchev–Trinajstić information content (AvgIpc) is 1.42. The highest BCUT2D eigenvalue weighted by atomic mass is 79.9. The minimum atomic E-state index is -4.11. The average molecular weight is 1890 g/mol. The number of thiophene rings is 3. The number of aryl methyl sites for hydroxylation is 1. The van der Waals surface area contributed by atoms with Gasteiger partial charge in [-0.25, -0.2) is 70.3 Å². The number of carboxylic acids is 8. The number of anilines is 1. The third-order valence-corrected chi connectivity index (χ3v) is 24.6. The quantitative estimate of drug-likeness (QED) is 0.0281. The van der Waals surface area contributed by atoms with Gasteiger partial charge in [-0.05, 0) is 162 Å². The summed E-state index contributed by atoms with van der Waals surface area (Å²) in [5, 5.41) is 89.6. The van der Waals surface area contributed by atoms with Gasteiger partial charge in [0.25, 0.3) is 0 Å². The van der Waals surface area contributed by atoms with E-state index in [9.17, 15) is 69.9 Å². The number of aromatic nitrogens is 5. The number of nitrogen functional groups attached to an aromatic ring is 1. The second-order valence-electron chi connectivity index (χ2n) is 25.8. The van der Waals surface area contributed by atoms with Gasteiger partial charge in [0.2, 0.25) is 15.8 Å². The Bertz CT molecular complexity index is 6490. The van der Waals surface area contributed by atoms with Crippen LogP contribution < -0.4 is 10.9 Å². The van der Waals surface area contributed by atoms with Crippen LogP contribution >= 0.6 is 73.1 Å². The van der Waals surface area contributed by atoms with E-state index in [4.69, 9.17) is 74.9 Å². The highest BCUT2D eigenvalue weighted by molar-refractivity contribution is 9.10. The van der Waals surface area contributed by atoms with Crippen molar-refractivity contribution in [3.8, 4) is 11.4 Å². The number of carbonyl (C=O) groups excluding carboxylic acids is 2. The summed E-state index contributed by atoms with van der Waals surface area (Å²) >= 11 is 17.3. The number of rotatable bonds is 18. The van der Waals surface area contributed by atoms with Gasteiger partial charge in [-0.15, -0.1) is 34.0 Å². The predicted molar refractivity (Wildman–Crippen MR) is 470 cm³/mol. The second kappa shape index (κ2) is 44.9. The maximum absolute atomic E-state index is 12.0. The molecule has 1 aliphatic rings. The molecule has 0 radical (unpaired) electrons. The minimum absolute atomic E-state index is 0. The summed E-state index contributed by atoms with van der Waals surface area (Å²) in [6.45, 7) is 3.72. The van der Waals surface area contributed by atoms with Crippen LogP contribution in [0.15, 0.2) is 256 Å². The first-order chi connectivity index (χ1) is 58.3. The van der Waals surface area contributed by atoms with Gasteiger partial charge < -0.3 is 66.3 Å². The van der Waals surface area contributed by atoms with Crippen molar-refractivity contribution in [2.75, 3.05) is 5.73 Å². The van der Waals surface area contributed by atoms with Gasteiger partial charge in [0.05, 0.1) is 81.7 Å². The molecular weight excluding hydrogens is 1810 g/mol. The number of imidazole rings is 1. The number of carbonyl (C=O) groups is 10. The largest absolute Gasteiger partial charge is 0.507 e. The van der Waals surface area contributed by atoms with Crippen molar-refractivity contribution >= 4 is 180 Å². The Balaban J connectivity index is 0.000000195. The van der Waals surface area contributed by atoms with Crippen LogP contribution in [0.25, 0.3) is 27.6 Å². The Kier molecular flexibility index (Phi) is 35.3. The van der Waals surface area contributed by atoms with E-state index in [-0.39, 0.29) is 64.9 Å². The lowest BCUT2D eigenvalue weighted by Gasteiger charge is -2.18. The van der Waals surface area contributed by atoms with Gasteiger partial charge in [0.1, 0.15) is 36.0 Å². The molecule has 14 aromatic rings. The number of halogens is 3. The molecule has 0 saturated carbocycles. The number of ketones is 2. The fraction of sp³-hybridized carbons (Fsp3) is 0.0941. The number of hydrogen-bond acceptors (Lipinski definition) is 22. The predicted octanol–water partition coefficient (Wildman–Crippen LogP) is 16.1. The highest BCUT2D eigenvalue weighted by Gasteiger charge is 2.28. The van der Waals surface area contributed by atoms with Crippen LogP contribution in [0.4, 0.5) is 5.69 Å². The number of pyridine rings is 2. The number of aromatic carboxylic acids is 8. The summed E-state index contributed by atoms with van der Waals surface area (Å²) < 4.78 is 49.6. The summed E-state index contributed by atoms with van der Waals surface area (Å²) in [6.07, 6.45) is 10.7. The van der Waals surface area contributed by atoms with Crippen molar-refractivity contribution in [1.82, 2.24) is 24.1 Å². The number of carboxylic acid groups (broad SMARTS) is 8. The topological polar surface area (TPSA) is 553 Å². The second-order valence-corrected chi connectivity index (χ2v) is 34.2. The Morgan fingerprint density at radius 1 is 0.524 bits per heavy atom. The van der Waals surface area contributed by atoms with Crippen molar-refractivity contribution in [1.29, 1.82) is 0 Å². The Labute approximate surface area is 735 Å². The molecule has 0 fully saturated rings. The first-order valence-electron chi connectivity index (χ1n) is 35.6. The van der Waals surface area contributed by atoms with Gasteiger partial charge in [0.15, 0.2) is 15.6 Å². The number of hydrogen-bond donors (Lipinski definition) is 11. The molecule has 7 heterocycles. The van der Waals surface area contributed by atoms with Crippen LogP contribution in [-0.4, -0.2) is 157 Å². The van der Waals surface area contributed by atoms with E-state index < -0.39 is 89.1 Å². The van der Waals surface area contributed by atoms with Crippen molar-refractivity contribution < 1.29 is 116 Å². The van der Waals surface area contributed by atoms with Crippen molar-refractivity contribution in [3.05, 3.63) is 337 Å². The molecule has 7 aromatic heterocycles. The normalized spacial score (nSPS) is 11.0. The number of nitrogens with zero attached hydrogens (tertiary/aromatic N) is 5. The maximum atomic E-state index is 12.0. The minimum Gasteiger partial charge on any atom is -0.507 e. The summed E-state index contributed by atoms with van der Waals surface area (Å²) in [4.78, 5) is 123. The Morgan fingerprint density at radius 3 is 1.68 bits per heavy atom. The lowest BCUT2D eigenvalue weighted by molar-refractivity contribution is 0.0682. The lowest BCUT2D eigenvalue weighted by Crippen LogP contribution is -2.15. The molecule has 0 saturated heterocycles. The number of nitrogens with two attached hydrogens (primary N) is 2. The SMILES string of the molecule is CC(C)S(=O)(=O)c1csc(C(=O)O)c1N.NS(=O)(=O)c1cc(C(=O)O)c(O)cc1Cl.O.O=C(O)c1c2c(nc3ccccc13)CCCC2.O=C(O)c1cc(Cl)ncc1Br.O=C(O)c1ccc(Cn2cnc3ccccc32)cc1.O=C(O)c1cccc(C(=O)c2ccccc2)c1.O=C(O)c1ccccc1C(=O)c1cccs1.O=C(O)c1sccc1-n1cccc1. The number of phenols is 1. The summed E-state index contributed by atoms with van der Waals surface area (Å²) in [5.41, 5.74) is 13.5. The number of sulfonamides is 1. The molecule has 7 aromatic carbocycles. The van der Waals surface area contributed by atoms with Crippen molar-refractivity contribution in [3.63, 3.8) is 0 Å². The van der Waals surface area contributed by atoms with E-state index in [1.807, 2.05) is 95.8 Å². The van der Waals surface area contributed by atoms with Gasteiger partial charge >= 0.3 is 47.8 Å². The van der Waals surface area contributed by atoms with E-state index in [1.165, 1.54) is 78.4 Å². The van der Waals surface area contributed by atoms with Crippen LogP contribution in [0.5, 0.6) is 5.75 Å². The van der Waals surface area contributed by atoms with Crippen LogP contribution in [-0.2, 0) is 39.2 Å². The molecule has 642 valence electrons. The molecule has 15 N–H and O–H groups in total. The molecule has 0 spiro atoms. The summed E-state index contributed by atoms with van der Waals surface area (Å²) in [6, 6.07) is 55.2. The molecular formula is C85H72BrCl2N7O24S5. The molecule has 0 aliphatic heterocycles. The zero-order valence-electron chi connectivity index (χ0n) is 64.5. The van der Waals surface area contributed by atoms with Gasteiger partial charge in [-0.1, -0.05) is 132 Å². The van der Waals surface area contributed by atoms with E-state index in [0.29, 0.717) is 49.1 Å². The first kappa shape index (κ1) is 97.6. The monoisotopic (exact) mass is 1880 g/mol. The molecule has 31 nitrogen and oxygen atoms in total. The standard InChI is InChI=1S/C15H12N2O2.C14H13NO2.C14H10O3.C12H8O3S.C9H7NO2S.C8H11NO4S2.C7H6ClNO5S.C6H3BrClNO2.H2O/c18-15(19)12-7-5-11(6-8-12)9-17-10-16-13-3-1-2-4-14(13)17;16-14(17)13-9-5-1-3-7-11(9)15-12-8-4-2-6-10(12)13;15-13(10-5-2-1-3-6-10)11-7-4-8-12(9-11)14(16)17;13-11(10-6-3-7-16-10)8-4-1-2-5-9(8)12(14)15;11-9(12)8-7(3-6-13-8)10-4-1-2-5-10;1-4(2)15(12,13)5-3-14-7(6(5)9)8(10)11;8-4-2-5(10)3(7(11)12)1-6(4)15(9,13)14;7-4-2-9-5(8)1-3(4)6(10)11;/h1-8,10H,9H2,(H,18,19);1,3,5,7H,2,4,6,8H2,(H,16,17);1-9H,(H,16,17);1-7H,(H,14,15);1-6H,(H,11,12);3-4H,9H2,1-2H3,(H,10,11);1-2,10H,(H,11,12)(H2,9,13,14);1-2H,(H,10,11);1H2. The van der Waals surface area contributed by atoms with Crippen LogP contribution in [0.3, 0.4) is 0 Å². The molecule has 15 rings (SSSR count). The number of sulfone groups is 1. The molecule has 1 aliphatic carbocycles. The molecule has 124 heavy (non-hydrogen) atoms. The van der Waals surface area contributed by atoms with Crippen LogP contribution in [0.2, 0.25) is 10.2 Å². The van der Waals surface area contributed by atoms with Gasteiger partial charge in [0, 0.05) is 64.4 Å². The highest BCUT2D eigenvalue weighted by Crippen LogP contribution is 2.34. The fourth-order valence-corrected chi connectivity index (χ4v) is 16.7. The molecule has 39 heteroatoms. The number of aromatic hydroxyl groups is 1. The number of primary sulfonamides is 1. The molecule has 0 atom stereocenters. The zero-order chi connectivity index (χ0) is 90.2. The van der Waals surface area contributed by atoms with Crippen molar-refractivity contribution in [2.24, 2.45) is 5.14 Å². The van der Waals surface area contributed by atoms with E-state index in [2.05, 4.69) is 30.9 Å². The van der Waals surface area contributed by atoms with E-state index in [0.717, 1.165) is 87.5 Å². The third kappa shape index (κ3) is 26.0. The Morgan fingerprint density at radius 2 is 1.10 bits per heavy atom.